The summed E-state index contributed by atoms with van der Waals surface area (Å²) < 4.78 is 0. The van der Waals surface area contributed by atoms with E-state index in [2.05, 4.69) is 4.98 Å². The maximum atomic E-state index is 8.72. The SMILES string of the molecule is CCc1cccc(PO)n1. The van der Waals surface area contributed by atoms with Gasteiger partial charge in [0.15, 0.2) is 0 Å². The van der Waals surface area contributed by atoms with Crippen molar-refractivity contribution in [1.29, 1.82) is 0 Å². The van der Waals surface area contributed by atoms with Crippen molar-refractivity contribution >= 4 is 14.2 Å². The number of hydrogen-bond donors (Lipinski definition) is 1. The van der Waals surface area contributed by atoms with Crippen LogP contribution in [0.5, 0.6) is 0 Å². The molecule has 1 N–H and O–H groups in total. The summed E-state index contributed by atoms with van der Waals surface area (Å²) >= 11 is 0. The topological polar surface area (TPSA) is 33.1 Å². The normalized spacial score (nSPS) is 11.0. The Morgan fingerprint density at radius 3 is 3.00 bits per heavy atom. The first-order chi connectivity index (χ1) is 4.86. The summed E-state index contributed by atoms with van der Waals surface area (Å²) in [4.78, 5) is 12.9. The summed E-state index contributed by atoms with van der Waals surface area (Å²) in [6.07, 6.45) is 0.929. The molecule has 54 valence electrons. The summed E-state index contributed by atoms with van der Waals surface area (Å²) in [5.41, 5.74) is 1.82. The predicted octanol–water partition coefficient (Wildman–Crippen LogP) is 0.855. The lowest BCUT2D eigenvalue weighted by Gasteiger charge is -1.96. The molecule has 1 aromatic rings. The summed E-state index contributed by atoms with van der Waals surface area (Å²) in [7, 11) is -0.182. The quantitative estimate of drug-likeness (QED) is 0.642. The number of aryl methyl sites for hydroxylation is 1. The lowest BCUT2D eigenvalue weighted by molar-refractivity contribution is 0.654. The van der Waals surface area contributed by atoms with E-state index in [-0.39, 0.29) is 8.81 Å². The average Bonchev–Trinajstić information content (AvgIpc) is 2.05. The second-order valence-electron chi connectivity index (χ2n) is 1.98. The van der Waals surface area contributed by atoms with Crippen LogP contribution in [0.3, 0.4) is 0 Å². The van der Waals surface area contributed by atoms with Crippen molar-refractivity contribution in [2.75, 3.05) is 0 Å². The van der Waals surface area contributed by atoms with Crippen LogP contribution in [0, 0.1) is 0 Å². The molecule has 1 rings (SSSR count). The van der Waals surface area contributed by atoms with Crippen LogP contribution in [0.1, 0.15) is 12.6 Å². The van der Waals surface area contributed by atoms with Crippen LogP contribution in [0.15, 0.2) is 18.2 Å². The van der Waals surface area contributed by atoms with Gasteiger partial charge < -0.3 is 4.89 Å². The third-order valence-electron chi connectivity index (χ3n) is 1.28. The molecular formula is C7H10NOP. The standard InChI is InChI=1S/C7H10NOP/c1-2-6-4-3-5-7(8-6)10-9/h3-5,9-10H,2H2,1H3. The van der Waals surface area contributed by atoms with Crippen molar-refractivity contribution in [2.24, 2.45) is 0 Å². The van der Waals surface area contributed by atoms with Gasteiger partial charge in [-0.15, -0.1) is 0 Å². The Morgan fingerprint density at radius 2 is 2.40 bits per heavy atom. The van der Waals surface area contributed by atoms with Gasteiger partial charge in [0.2, 0.25) is 0 Å². The third kappa shape index (κ3) is 1.76. The van der Waals surface area contributed by atoms with E-state index in [4.69, 9.17) is 4.89 Å². The molecule has 0 aliphatic rings. The zero-order chi connectivity index (χ0) is 7.40. The van der Waals surface area contributed by atoms with Gasteiger partial charge in [-0.25, -0.2) is 0 Å². The molecule has 0 spiro atoms. The highest BCUT2D eigenvalue weighted by atomic mass is 31.1. The summed E-state index contributed by atoms with van der Waals surface area (Å²) in [5.74, 6) is 0. The minimum atomic E-state index is -0.182. The second-order valence-corrected chi connectivity index (χ2v) is 2.72. The van der Waals surface area contributed by atoms with Gasteiger partial charge in [0.25, 0.3) is 0 Å². The van der Waals surface area contributed by atoms with Crippen LogP contribution in [0.25, 0.3) is 0 Å². The van der Waals surface area contributed by atoms with E-state index in [0.717, 1.165) is 17.5 Å². The summed E-state index contributed by atoms with van der Waals surface area (Å²) in [6, 6.07) is 5.71. The monoisotopic (exact) mass is 155 g/mol. The number of pyridine rings is 1. The first kappa shape index (κ1) is 7.64. The van der Waals surface area contributed by atoms with E-state index in [0.29, 0.717) is 0 Å². The minimum Gasteiger partial charge on any atom is -0.371 e. The van der Waals surface area contributed by atoms with Crippen LogP contribution in [0.4, 0.5) is 0 Å². The van der Waals surface area contributed by atoms with Crippen LogP contribution in [-0.2, 0) is 6.42 Å². The average molecular weight is 155 g/mol. The van der Waals surface area contributed by atoms with E-state index in [1.807, 2.05) is 25.1 Å². The minimum absolute atomic E-state index is 0.182. The van der Waals surface area contributed by atoms with Crippen molar-refractivity contribution in [3.05, 3.63) is 23.9 Å². The fourth-order valence-electron chi connectivity index (χ4n) is 0.739. The molecule has 0 fully saturated rings. The molecule has 1 heterocycles. The number of aromatic nitrogens is 1. The van der Waals surface area contributed by atoms with Crippen LogP contribution in [-0.4, -0.2) is 9.88 Å². The van der Waals surface area contributed by atoms with E-state index in [9.17, 15) is 0 Å². The highest BCUT2D eigenvalue weighted by molar-refractivity contribution is 7.40. The highest BCUT2D eigenvalue weighted by Crippen LogP contribution is 2.01. The summed E-state index contributed by atoms with van der Waals surface area (Å²) in [6.45, 7) is 2.05. The Labute approximate surface area is 62.2 Å². The van der Waals surface area contributed by atoms with Gasteiger partial charge in [-0.05, 0) is 18.6 Å². The Bertz CT molecular complexity index is 195. The molecule has 3 heteroatoms. The lowest BCUT2D eigenvalue weighted by atomic mass is 10.3. The smallest absolute Gasteiger partial charge is 0.0875 e. The second kappa shape index (κ2) is 3.65. The van der Waals surface area contributed by atoms with Gasteiger partial charge in [0.1, 0.15) is 0 Å². The number of hydrogen-bond acceptors (Lipinski definition) is 2. The molecule has 10 heavy (non-hydrogen) atoms. The lowest BCUT2D eigenvalue weighted by Crippen LogP contribution is -2.02. The highest BCUT2D eigenvalue weighted by Gasteiger charge is 1.92. The van der Waals surface area contributed by atoms with Gasteiger partial charge in [0.05, 0.1) is 14.2 Å². The van der Waals surface area contributed by atoms with Crippen LogP contribution >= 0.6 is 8.81 Å². The first-order valence-corrected chi connectivity index (χ1v) is 4.17. The first-order valence-electron chi connectivity index (χ1n) is 3.23. The third-order valence-corrected chi connectivity index (χ3v) is 1.79. The van der Waals surface area contributed by atoms with Gasteiger partial charge in [-0.1, -0.05) is 13.0 Å². The zero-order valence-corrected chi connectivity index (χ0v) is 6.83. The molecule has 0 aliphatic carbocycles. The zero-order valence-electron chi connectivity index (χ0n) is 5.83. The molecule has 0 saturated carbocycles. The van der Waals surface area contributed by atoms with Gasteiger partial charge in [-0.3, -0.25) is 4.98 Å². The molecule has 1 unspecified atom stereocenters. The molecule has 0 radical (unpaired) electrons. The van der Waals surface area contributed by atoms with Crippen molar-refractivity contribution < 1.29 is 4.89 Å². The van der Waals surface area contributed by atoms with E-state index >= 15 is 0 Å². The van der Waals surface area contributed by atoms with Crippen LogP contribution < -0.4 is 5.44 Å². The van der Waals surface area contributed by atoms with E-state index in [1.165, 1.54) is 0 Å². The molecule has 0 saturated heterocycles. The van der Waals surface area contributed by atoms with E-state index < -0.39 is 0 Å². The number of nitrogens with zero attached hydrogens (tertiary/aromatic N) is 1. The maximum absolute atomic E-state index is 8.72. The predicted molar refractivity (Wildman–Crippen MR) is 43.8 cm³/mol. The fraction of sp³-hybridized carbons (Fsp3) is 0.286. The Morgan fingerprint density at radius 1 is 1.60 bits per heavy atom. The molecule has 1 atom stereocenters. The van der Waals surface area contributed by atoms with Gasteiger partial charge in [-0.2, -0.15) is 0 Å². The molecule has 0 aromatic carbocycles. The Kier molecular flexibility index (Phi) is 2.79. The van der Waals surface area contributed by atoms with Gasteiger partial charge >= 0.3 is 0 Å². The Hall–Kier alpha value is -0.460. The van der Waals surface area contributed by atoms with Crippen molar-refractivity contribution in [3.8, 4) is 0 Å². The van der Waals surface area contributed by atoms with Crippen molar-refractivity contribution in [2.45, 2.75) is 13.3 Å². The molecular weight excluding hydrogens is 145 g/mol. The maximum Gasteiger partial charge on any atom is 0.0875 e. The number of rotatable bonds is 2. The molecule has 2 nitrogen and oxygen atoms in total. The van der Waals surface area contributed by atoms with Crippen molar-refractivity contribution in [3.63, 3.8) is 0 Å². The Balaban J connectivity index is 2.87. The van der Waals surface area contributed by atoms with Gasteiger partial charge in [0, 0.05) is 5.69 Å². The molecule has 0 bridgehead atoms. The molecule has 0 amide bonds. The van der Waals surface area contributed by atoms with Crippen molar-refractivity contribution in [1.82, 2.24) is 4.98 Å². The van der Waals surface area contributed by atoms with E-state index in [1.54, 1.807) is 0 Å². The largest absolute Gasteiger partial charge is 0.371 e. The fourth-order valence-corrected chi connectivity index (χ4v) is 1.10. The summed E-state index contributed by atoms with van der Waals surface area (Å²) in [5, 5.41) is 0. The molecule has 1 aromatic heterocycles. The molecule has 0 aliphatic heterocycles. The van der Waals surface area contributed by atoms with Crippen LogP contribution in [0.2, 0.25) is 0 Å².